The minimum atomic E-state index is 0.00427. The van der Waals surface area contributed by atoms with Crippen molar-refractivity contribution in [3.63, 3.8) is 0 Å². The van der Waals surface area contributed by atoms with E-state index >= 15 is 0 Å². The summed E-state index contributed by atoms with van der Waals surface area (Å²) in [6.45, 7) is 25.8. The monoisotopic (exact) mass is 654 g/mol. The van der Waals surface area contributed by atoms with Gasteiger partial charge in [-0.1, -0.05) is 51.1 Å². The van der Waals surface area contributed by atoms with E-state index in [1.54, 1.807) is 0 Å². The summed E-state index contributed by atoms with van der Waals surface area (Å²) in [6, 6.07) is 13.8. The Morgan fingerprint density at radius 2 is 1.58 bits per heavy atom. The van der Waals surface area contributed by atoms with Gasteiger partial charge in [0.1, 0.15) is 13.2 Å². The van der Waals surface area contributed by atoms with Crippen molar-refractivity contribution in [1.82, 2.24) is 4.90 Å². The summed E-state index contributed by atoms with van der Waals surface area (Å²) in [5.41, 5.74) is 1.77. The zero-order valence-corrected chi connectivity index (χ0v) is 29.9. The highest BCUT2D eigenvalue weighted by Crippen LogP contribution is 2.72. The molecular formula is C41H58N4O3. The summed E-state index contributed by atoms with van der Waals surface area (Å²) in [4.78, 5) is 9.82. The normalized spacial score (nSPS) is 41.6. The molecule has 0 N–H and O–H groups in total. The molecule has 5 saturated carbocycles. The molecule has 7 heteroatoms. The molecule has 0 radical (unpaired) electrons. The lowest BCUT2D eigenvalue weighted by molar-refractivity contribution is -0.237. The van der Waals surface area contributed by atoms with Crippen molar-refractivity contribution in [1.29, 1.82) is 5.26 Å². The van der Waals surface area contributed by atoms with Gasteiger partial charge in [-0.05, 0) is 111 Å². The van der Waals surface area contributed by atoms with Gasteiger partial charge in [0.2, 0.25) is 13.1 Å². The molecule has 7 nitrogen and oxygen atoms in total. The Kier molecular flexibility index (Phi) is 10.9. The third-order valence-electron chi connectivity index (χ3n) is 14.6. The first-order valence-electron chi connectivity index (χ1n) is 18.8. The van der Waals surface area contributed by atoms with Crippen molar-refractivity contribution in [2.45, 2.75) is 116 Å². The van der Waals surface area contributed by atoms with E-state index in [-0.39, 0.29) is 34.6 Å². The predicted octanol–water partition coefficient (Wildman–Crippen LogP) is 8.07. The van der Waals surface area contributed by atoms with Crippen LogP contribution in [0.5, 0.6) is 0 Å². The number of nitriles is 1. The number of benzene rings is 1. The molecule has 260 valence electrons. The second-order valence-electron chi connectivity index (χ2n) is 16.6. The molecule has 0 aliphatic heterocycles. The van der Waals surface area contributed by atoms with Gasteiger partial charge in [0, 0.05) is 18.0 Å². The molecule has 5 aliphatic carbocycles. The molecule has 5 fully saturated rings. The summed E-state index contributed by atoms with van der Waals surface area (Å²) < 4.78 is 20.0. The van der Waals surface area contributed by atoms with Crippen molar-refractivity contribution in [3.8, 4) is 6.07 Å². The minimum Gasteiger partial charge on any atom is -0.377 e. The highest BCUT2D eigenvalue weighted by Gasteiger charge is 2.69. The fourth-order valence-electron chi connectivity index (χ4n) is 12.3. The van der Waals surface area contributed by atoms with Crippen molar-refractivity contribution in [3.05, 3.63) is 58.7 Å². The first-order valence-corrected chi connectivity index (χ1v) is 18.8. The lowest BCUT2D eigenvalue weighted by atomic mass is 9.41. The molecule has 0 spiro atoms. The van der Waals surface area contributed by atoms with E-state index < -0.39 is 0 Å². The van der Waals surface area contributed by atoms with E-state index in [0.29, 0.717) is 75.0 Å². The van der Waals surface area contributed by atoms with Gasteiger partial charge in [-0.15, -0.1) is 0 Å². The van der Waals surface area contributed by atoms with Gasteiger partial charge in [0.25, 0.3) is 0 Å². The quantitative estimate of drug-likeness (QED) is 0.159. The predicted molar refractivity (Wildman–Crippen MR) is 187 cm³/mol. The van der Waals surface area contributed by atoms with Crippen molar-refractivity contribution in [2.75, 3.05) is 40.0 Å². The fraction of sp³-hybridized carbons (Fsp3) is 0.780. The average molecular weight is 655 g/mol. The second-order valence-corrected chi connectivity index (χ2v) is 16.6. The number of nitrogens with zero attached hydrogens (tertiary/aromatic N) is 4. The molecular weight excluding hydrogens is 596 g/mol. The Bertz CT molecular complexity index is 1370. The number of hydrogen-bond donors (Lipinski definition) is 0. The molecule has 0 bridgehead atoms. The second kappa shape index (κ2) is 14.8. The van der Waals surface area contributed by atoms with Crippen LogP contribution in [0.25, 0.3) is 9.69 Å². The largest absolute Gasteiger partial charge is 0.377 e. The maximum atomic E-state index is 9.43. The van der Waals surface area contributed by atoms with Gasteiger partial charge in [0.15, 0.2) is 0 Å². The summed E-state index contributed by atoms with van der Waals surface area (Å²) in [5, 5.41) is 9.43. The molecule has 6 rings (SSSR count). The maximum Gasteiger partial charge on any atom is 0.237 e. The van der Waals surface area contributed by atoms with Crippen LogP contribution in [0.1, 0.15) is 90.5 Å². The Hall–Kier alpha value is -2.47. The van der Waals surface area contributed by atoms with Crippen LogP contribution in [0.3, 0.4) is 0 Å². The maximum absolute atomic E-state index is 9.43. The zero-order chi connectivity index (χ0) is 33.9. The van der Waals surface area contributed by atoms with E-state index in [4.69, 9.17) is 27.4 Å². The highest BCUT2D eigenvalue weighted by molar-refractivity contribution is 5.20. The van der Waals surface area contributed by atoms with Crippen LogP contribution in [0, 0.1) is 70.3 Å². The van der Waals surface area contributed by atoms with Gasteiger partial charge >= 0.3 is 0 Å². The van der Waals surface area contributed by atoms with E-state index in [1.165, 1.54) is 31.2 Å². The van der Waals surface area contributed by atoms with Crippen LogP contribution < -0.4 is 0 Å². The van der Waals surface area contributed by atoms with Crippen LogP contribution >= 0.6 is 0 Å². The molecule has 0 amide bonds. The highest BCUT2D eigenvalue weighted by atomic mass is 16.5. The van der Waals surface area contributed by atoms with Crippen molar-refractivity contribution in [2.24, 2.45) is 45.8 Å². The average Bonchev–Trinajstić information content (AvgIpc) is 3.43. The Balaban J connectivity index is 1.31. The Labute approximate surface area is 290 Å². The van der Waals surface area contributed by atoms with E-state index in [2.05, 4.69) is 78.8 Å². The SMILES string of the molecule is [C-]#[N+]CCO[C@@H]1CC[C@@]2(C)[C@@H](C1)C[C@@H](OCCC#N)[C@@H]1[C@@H]2C[C@H](OCC[N+]#[C-])[C@@]2(C)[C@H]1CC[C@@H]2[C@@]1(C)CCC1N(C)Cc1ccccc1. The third kappa shape index (κ3) is 6.33. The van der Waals surface area contributed by atoms with E-state index in [0.717, 1.165) is 38.6 Å². The minimum absolute atomic E-state index is 0.00427. The van der Waals surface area contributed by atoms with E-state index in [1.807, 2.05) is 0 Å². The molecule has 0 aromatic heterocycles. The van der Waals surface area contributed by atoms with Crippen LogP contribution in [-0.4, -0.2) is 69.2 Å². The summed E-state index contributed by atoms with van der Waals surface area (Å²) in [5.74, 6) is 2.46. The van der Waals surface area contributed by atoms with Crippen molar-refractivity contribution >= 4 is 0 Å². The molecule has 0 saturated heterocycles. The number of ether oxygens (including phenoxy) is 3. The van der Waals surface area contributed by atoms with Gasteiger partial charge in [0.05, 0.1) is 37.4 Å². The van der Waals surface area contributed by atoms with Crippen LogP contribution in [-0.2, 0) is 20.8 Å². The summed E-state index contributed by atoms with van der Waals surface area (Å²) >= 11 is 0. The molecule has 1 unspecified atom stereocenters. The number of fused-ring (bicyclic) bond motifs is 5. The number of hydrogen-bond acceptors (Lipinski definition) is 5. The molecule has 1 aromatic carbocycles. The number of rotatable bonds is 13. The van der Waals surface area contributed by atoms with Crippen LogP contribution in [0.4, 0.5) is 0 Å². The van der Waals surface area contributed by atoms with Crippen molar-refractivity contribution < 1.29 is 14.2 Å². The van der Waals surface area contributed by atoms with Gasteiger partial charge in [-0.2, -0.15) is 5.26 Å². The van der Waals surface area contributed by atoms with Gasteiger partial charge in [-0.3, -0.25) is 4.90 Å². The third-order valence-corrected chi connectivity index (χ3v) is 14.6. The molecule has 0 heterocycles. The Morgan fingerprint density at radius 1 is 0.854 bits per heavy atom. The first-order chi connectivity index (χ1) is 23.2. The molecule has 12 atom stereocenters. The Morgan fingerprint density at radius 3 is 2.27 bits per heavy atom. The smallest absolute Gasteiger partial charge is 0.237 e. The van der Waals surface area contributed by atoms with Gasteiger partial charge < -0.3 is 23.9 Å². The van der Waals surface area contributed by atoms with Gasteiger partial charge in [-0.25, -0.2) is 13.1 Å². The van der Waals surface area contributed by atoms with Crippen LogP contribution in [0.2, 0.25) is 0 Å². The topological polar surface area (TPSA) is 63.4 Å². The zero-order valence-electron chi connectivity index (χ0n) is 29.9. The standard InChI is InChI=1S/C41H58N4O3/c1-39-17-15-31(46-23-20-43-4)25-30(39)26-34(47-22-10-19-42)38-32-13-14-35(41(32,3)37(27-33(38)39)48-24-21-44-5)40(2)18-16-36(40)45(6)28-29-11-8-7-9-12-29/h7-9,11-12,30-38H,10,13-18,20-28H2,1-3,6H3/t30-,31+,32-,33-,34+,35+,36?,37-,38-,39-,40+,41-/m0/s1. The van der Waals surface area contributed by atoms with E-state index in [9.17, 15) is 5.26 Å². The summed E-state index contributed by atoms with van der Waals surface area (Å²) in [7, 11) is 2.33. The van der Waals surface area contributed by atoms with Crippen LogP contribution in [0.15, 0.2) is 30.3 Å². The summed E-state index contributed by atoms with van der Waals surface area (Å²) in [6.07, 6.45) is 11.1. The lowest BCUT2D eigenvalue weighted by Crippen LogP contribution is -2.66. The fourth-order valence-corrected chi connectivity index (χ4v) is 12.3. The molecule has 48 heavy (non-hydrogen) atoms. The molecule has 1 aromatic rings. The lowest BCUT2D eigenvalue weighted by Gasteiger charge is -2.66. The first kappa shape index (κ1) is 35.4. The molecule has 5 aliphatic rings.